The van der Waals surface area contributed by atoms with Crippen molar-refractivity contribution in [1.82, 2.24) is 0 Å². The van der Waals surface area contributed by atoms with Crippen molar-refractivity contribution < 1.29 is 23.1 Å². The zero-order valence-electron chi connectivity index (χ0n) is 7.47. The number of hydrogen-bond donors (Lipinski definition) is 1. The predicted octanol–water partition coefficient (Wildman–Crippen LogP) is 2.44. The van der Waals surface area contributed by atoms with Crippen LogP contribution in [-0.2, 0) is 4.79 Å². The maximum Gasteiger partial charge on any atom is 0.391 e. The normalized spacial score (nSPS) is 41.6. The molecule has 0 bridgehead atoms. The van der Waals surface area contributed by atoms with Gasteiger partial charge in [0.1, 0.15) is 0 Å². The first-order valence-electron chi connectivity index (χ1n) is 4.62. The maximum absolute atomic E-state index is 12.1. The second-order valence-corrected chi connectivity index (χ2v) is 4.59. The van der Waals surface area contributed by atoms with Crippen LogP contribution in [0.1, 0.15) is 25.7 Å². The summed E-state index contributed by atoms with van der Waals surface area (Å²) in [5.74, 6) is -2.45. The minimum atomic E-state index is -4.08. The van der Waals surface area contributed by atoms with E-state index in [0.717, 1.165) is 0 Å². The summed E-state index contributed by atoms with van der Waals surface area (Å²) in [7, 11) is 0. The van der Waals surface area contributed by atoms with Gasteiger partial charge in [-0.3, -0.25) is 4.79 Å². The number of carbonyl (C=O) groups is 1. The van der Waals surface area contributed by atoms with Crippen molar-refractivity contribution in [3.63, 3.8) is 0 Å². The molecule has 5 heteroatoms. The summed E-state index contributed by atoms with van der Waals surface area (Å²) in [6, 6.07) is 0. The molecule has 0 aromatic heterocycles. The Labute approximate surface area is 79.1 Å². The van der Waals surface area contributed by atoms with Crippen molar-refractivity contribution >= 4 is 5.97 Å². The second kappa shape index (κ2) is 2.64. The van der Waals surface area contributed by atoms with Gasteiger partial charge in [-0.1, -0.05) is 0 Å². The molecule has 2 rings (SSSR count). The molecular weight excluding hydrogens is 197 g/mol. The fraction of sp³-hybridized carbons (Fsp3) is 0.889. The predicted molar refractivity (Wildman–Crippen MR) is 41.6 cm³/mol. The van der Waals surface area contributed by atoms with Gasteiger partial charge in [-0.2, -0.15) is 13.2 Å². The molecule has 0 amide bonds. The van der Waals surface area contributed by atoms with Crippen LogP contribution in [0.2, 0.25) is 0 Å². The smallest absolute Gasteiger partial charge is 0.391 e. The minimum absolute atomic E-state index is 0.139. The molecule has 0 atom stereocenters. The molecule has 1 N–H and O–H groups in total. The number of alkyl halides is 3. The average Bonchev–Trinajstić information content (AvgIpc) is 1.74. The van der Waals surface area contributed by atoms with Crippen molar-refractivity contribution in [1.29, 1.82) is 0 Å². The first kappa shape index (κ1) is 9.80. The highest BCUT2D eigenvalue weighted by atomic mass is 19.4. The van der Waals surface area contributed by atoms with Crippen molar-refractivity contribution in [2.24, 2.45) is 17.3 Å². The van der Waals surface area contributed by atoms with E-state index in [0.29, 0.717) is 12.8 Å². The summed E-state index contributed by atoms with van der Waals surface area (Å²) in [5.41, 5.74) is -0.275. The van der Waals surface area contributed by atoms with E-state index in [1.807, 2.05) is 0 Å². The Kier molecular flexibility index (Phi) is 1.85. The number of carboxylic acid groups (broad SMARTS) is 1. The van der Waals surface area contributed by atoms with Crippen molar-refractivity contribution in [2.75, 3.05) is 0 Å². The topological polar surface area (TPSA) is 37.3 Å². The Morgan fingerprint density at radius 3 is 2.07 bits per heavy atom. The van der Waals surface area contributed by atoms with Crippen LogP contribution in [0.3, 0.4) is 0 Å². The molecule has 14 heavy (non-hydrogen) atoms. The van der Waals surface area contributed by atoms with Gasteiger partial charge in [0, 0.05) is 0 Å². The number of carboxylic acids is 1. The Hall–Kier alpha value is -0.740. The maximum atomic E-state index is 12.1. The van der Waals surface area contributed by atoms with Gasteiger partial charge in [0.15, 0.2) is 0 Å². The summed E-state index contributed by atoms with van der Waals surface area (Å²) >= 11 is 0. The van der Waals surface area contributed by atoms with Crippen LogP contribution in [0.5, 0.6) is 0 Å². The molecule has 2 aliphatic carbocycles. The van der Waals surface area contributed by atoms with Crippen LogP contribution in [0.4, 0.5) is 13.2 Å². The average molecular weight is 208 g/mol. The molecule has 0 unspecified atom stereocenters. The third-order valence-electron chi connectivity index (χ3n) is 3.53. The van der Waals surface area contributed by atoms with Crippen molar-refractivity contribution in [3.8, 4) is 0 Å². The fourth-order valence-electron chi connectivity index (χ4n) is 2.71. The number of hydrogen-bond acceptors (Lipinski definition) is 1. The second-order valence-electron chi connectivity index (χ2n) is 4.59. The van der Waals surface area contributed by atoms with E-state index in [4.69, 9.17) is 5.11 Å². The molecule has 0 aliphatic heterocycles. The van der Waals surface area contributed by atoms with Crippen LogP contribution >= 0.6 is 0 Å². The van der Waals surface area contributed by atoms with Gasteiger partial charge in [-0.05, 0) is 31.1 Å². The Balaban J connectivity index is 1.83. The molecule has 1 spiro atoms. The van der Waals surface area contributed by atoms with Gasteiger partial charge >= 0.3 is 12.1 Å². The third-order valence-corrected chi connectivity index (χ3v) is 3.53. The minimum Gasteiger partial charge on any atom is -0.481 e. The zero-order valence-corrected chi connectivity index (χ0v) is 7.47. The highest BCUT2D eigenvalue weighted by molar-refractivity contribution is 5.71. The van der Waals surface area contributed by atoms with E-state index >= 15 is 0 Å². The largest absolute Gasteiger partial charge is 0.481 e. The number of aliphatic carboxylic acids is 1. The van der Waals surface area contributed by atoms with Gasteiger partial charge < -0.3 is 5.11 Å². The highest BCUT2D eigenvalue weighted by Gasteiger charge is 2.61. The molecule has 0 saturated heterocycles. The monoisotopic (exact) mass is 208 g/mol. The van der Waals surface area contributed by atoms with E-state index in [-0.39, 0.29) is 18.3 Å². The lowest BCUT2D eigenvalue weighted by atomic mass is 9.48. The van der Waals surface area contributed by atoms with Crippen LogP contribution < -0.4 is 0 Å². The number of rotatable bonds is 1. The highest BCUT2D eigenvalue weighted by Crippen LogP contribution is 2.64. The van der Waals surface area contributed by atoms with E-state index in [2.05, 4.69) is 0 Å². The lowest BCUT2D eigenvalue weighted by Gasteiger charge is -2.56. The van der Waals surface area contributed by atoms with Gasteiger partial charge in [0.05, 0.1) is 11.8 Å². The van der Waals surface area contributed by atoms with Gasteiger partial charge in [0.25, 0.3) is 0 Å². The van der Waals surface area contributed by atoms with Crippen molar-refractivity contribution in [3.05, 3.63) is 0 Å². The lowest BCUT2D eigenvalue weighted by molar-refractivity contribution is -0.240. The van der Waals surface area contributed by atoms with Crippen molar-refractivity contribution in [2.45, 2.75) is 31.9 Å². The molecule has 2 saturated carbocycles. The molecule has 0 aromatic carbocycles. The van der Waals surface area contributed by atoms with Crippen LogP contribution in [0.15, 0.2) is 0 Å². The van der Waals surface area contributed by atoms with E-state index in [1.54, 1.807) is 0 Å². The van der Waals surface area contributed by atoms with E-state index in [9.17, 15) is 18.0 Å². The molecule has 2 nitrogen and oxygen atoms in total. The summed E-state index contributed by atoms with van der Waals surface area (Å²) in [5, 5.41) is 8.59. The van der Waals surface area contributed by atoms with E-state index < -0.39 is 24.0 Å². The Morgan fingerprint density at radius 2 is 1.71 bits per heavy atom. The summed E-state index contributed by atoms with van der Waals surface area (Å²) < 4.78 is 36.4. The first-order chi connectivity index (χ1) is 6.32. The molecule has 0 heterocycles. The third kappa shape index (κ3) is 1.38. The standard InChI is InChI=1S/C9H11F3O2/c10-9(11,12)6-3-8(4-6)1-5(2-8)7(13)14/h5-6H,1-4H2,(H,13,14). The lowest BCUT2D eigenvalue weighted by Crippen LogP contribution is -2.53. The first-order valence-corrected chi connectivity index (χ1v) is 4.62. The van der Waals surface area contributed by atoms with Crippen LogP contribution in [-0.4, -0.2) is 17.3 Å². The molecule has 2 aliphatic rings. The van der Waals surface area contributed by atoms with Gasteiger partial charge in [-0.25, -0.2) is 0 Å². The molecule has 2 fully saturated rings. The van der Waals surface area contributed by atoms with Crippen LogP contribution in [0, 0.1) is 17.3 Å². The fourth-order valence-corrected chi connectivity index (χ4v) is 2.71. The van der Waals surface area contributed by atoms with Crippen LogP contribution in [0.25, 0.3) is 0 Å². The zero-order chi connectivity index (χ0) is 10.6. The Morgan fingerprint density at radius 1 is 1.21 bits per heavy atom. The molecule has 0 aromatic rings. The SMILES string of the molecule is O=C(O)C1CC2(C1)CC(C(F)(F)F)C2. The molecule has 0 radical (unpaired) electrons. The summed E-state index contributed by atoms with van der Waals surface area (Å²) in [6.45, 7) is 0. The summed E-state index contributed by atoms with van der Waals surface area (Å²) in [4.78, 5) is 10.5. The summed E-state index contributed by atoms with van der Waals surface area (Å²) in [6.07, 6.45) is -2.93. The molecular formula is C9H11F3O2. The number of halogens is 3. The molecule has 80 valence electrons. The van der Waals surface area contributed by atoms with Gasteiger partial charge in [0.2, 0.25) is 0 Å². The Bertz CT molecular complexity index is 258. The quantitative estimate of drug-likeness (QED) is 0.718. The van der Waals surface area contributed by atoms with Gasteiger partial charge in [-0.15, -0.1) is 0 Å². The van der Waals surface area contributed by atoms with E-state index in [1.165, 1.54) is 0 Å².